The number of nitrogens with one attached hydrogen (secondary N) is 1. The third-order valence-electron chi connectivity index (χ3n) is 2.03. The van der Waals surface area contributed by atoms with Crippen LogP contribution < -0.4 is 11.0 Å². The molecule has 1 N–H and O–H groups in total. The number of nitrogens with zero attached hydrogens (tertiary/aromatic N) is 2. The van der Waals surface area contributed by atoms with Crippen LogP contribution in [-0.4, -0.2) is 15.1 Å². The van der Waals surface area contributed by atoms with Crippen LogP contribution in [-0.2, 0) is 5.54 Å². The Balaban J connectivity index is 3.06. The number of hydrogen-bond acceptors (Lipinski definition) is 3. The molecule has 0 radical (unpaired) electrons. The van der Waals surface area contributed by atoms with E-state index in [1.54, 1.807) is 10.8 Å². The molecular weight excluding hydrogens is 202 g/mol. The quantitative estimate of drug-likeness (QED) is 0.794. The van der Waals surface area contributed by atoms with E-state index in [9.17, 15) is 4.79 Å². The zero-order valence-corrected chi connectivity index (χ0v) is 11.0. The highest BCUT2D eigenvalue weighted by atomic mass is 16.1. The highest BCUT2D eigenvalue weighted by Crippen LogP contribution is 2.13. The van der Waals surface area contributed by atoms with Gasteiger partial charge in [0.05, 0.1) is 0 Å². The fraction of sp³-hybridized carbons (Fsp3) is 0.667. The van der Waals surface area contributed by atoms with Crippen molar-refractivity contribution in [1.82, 2.24) is 9.55 Å². The fourth-order valence-electron chi connectivity index (χ4n) is 1.37. The maximum Gasteiger partial charge on any atom is 0.349 e. The van der Waals surface area contributed by atoms with Crippen LogP contribution in [0.25, 0.3) is 0 Å². The van der Waals surface area contributed by atoms with Crippen molar-refractivity contribution >= 4 is 5.82 Å². The molecule has 1 rings (SSSR count). The van der Waals surface area contributed by atoms with Gasteiger partial charge >= 0.3 is 5.69 Å². The molecule has 0 spiro atoms. The number of rotatable bonds is 1. The summed E-state index contributed by atoms with van der Waals surface area (Å²) in [5, 5.41) is 3.18. The van der Waals surface area contributed by atoms with Crippen LogP contribution in [0.5, 0.6) is 0 Å². The molecule has 0 aromatic carbocycles. The van der Waals surface area contributed by atoms with Crippen LogP contribution in [0.4, 0.5) is 5.82 Å². The van der Waals surface area contributed by atoms with Gasteiger partial charge in [0.2, 0.25) is 0 Å². The molecule has 0 amide bonds. The van der Waals surface area contributed by atoms with Crippen molar-refractivity contribution in [2.24, 2.45) is 0 Å². The van der Waals surface area contributed by atoms with Crippen LogP contribution in [0.2, 0.25) is 0 Å². The van der Waals surface area contributed by atoms with E-state index in [-0.39, 0.29) is 16.8 Å². The molecule has 1 aromatic rings. The van der Waals surface area contributed by atoms with Gasteiger partial charge in [0, 0.05) is 17.3 Å². The first-order chi connectivity index (χ1) is 7.09. The lowest BCUT2D eigenvalue weighted by atomic mass is 10.1. The van der Waals surface area contributed by atoms with Crippen molar-refractivity contribution in [2.75, 3.05) is 5.32 Å². The molecule has 4 heteroatoms. The number of hydrogen-bond donors (Lipinski definition) is 1. The number of anilines is 1. The van der Waals surface area contributed by atoms with Crippen molar-refractivity contribution in [1.29, 1.82) is 0 Å². The Hall–Kier alpha value is -1.32. The second-order valence-corrected chi connectivity index (χ2v) is 6.01. The van der Waals surface area contributed by atoms with E-state index in [1.807, 2.05) is 47.6 Å². The van der Waals surface area contributed by atoms with Gasteiger partial charge in [0.25, 0.3) is 0 Å². The second-order valence-electron chi connectivity index (χ2n) is 6.01. The number of aromatic nitrogens is 2. The minimum absolute atomic E-state index is 0.0899. The maximum atomic E-state index is 11.8. The summed E-state index contributed by atoms with van der Waals surface area (Å²) in [5.41, 5.74) is -0.542. The summed E-state index contributed by atoms with van der Waals surface area (Å²) in [7, 11) is 0. The van der Waals surface area contributed by atoms with E-state index >= 15 is 0 Å². The van der Waals surface area contributed by atoms with Crippen molar-refractivity contribution in [3.05, 3.63) is 22.7 Å². The van der Waals surface area contributed by atoms with Gasteiger partial charge in [0.15, 0.2) is 0 Å². The molecule has 0 atom stereocenters. The molecule has 0 saturated carbocycles. The first kappa shape index (κ1) is 12.7. The fourth-order valence-corrected chi connectivity index (χ4v) is 1.37. The molecule has 0 unspecified atom stereocenters. The molecular formula is C12H21N3O. The summed E-state index contributed by atoms with van der Waals surface area (Å²) in [4.78, 5) is 15.8. The second kappa shape index (κ2) is 3.92. The van der Waals surface area contributed by atoms with E-state index in [2.05, 4.69) is 10.3 Å². The zero-order valence-electron chi connectivity index (χ0n) is 11.0. The van der Waals surface area contributed by atoms with Crippen LogP contribution in [0.3, 0.4) is 0 Å². The Kier molecular flexibility index (Phi) is 3.13. The molecule has 1 heterocycles. The summed E-state index contributed by atoms with van der Waals surface area (Å²) in [6.07, 6.45) is 1.78. The van der Waals surface area contributed by atoms with Gasteiger partial charge in [-0.25, -0.2) is 4.79 Å². The van der Waals surface area contributed by atoms with Crippen molar-refractivity contribution in [3.63, 3.8) is 0 Å². The van der Waals surface area contributed by atoms with E-state index in [4.69, 9.17) is 0 Å². The minimum Gasteiger partial charge on any atom is -0.365 e. The summed E-state index contributed by atoms with van der Waals surface area (Å²) in [5.74, 6) is 0.623. The van der Waals surface area contributed by atoms with Gasteiger partial charge in [-0.05, 0) is 47.6 Å². The topological polar surface area (TPSA) is 46.9 Å². The summed E-state index contributed by atoms with van der Waals surface area (Å²) in [6, 6.07) is 1.83. The Bertz CT molecular complexity index is 421. The van der Waals surface area contributed by atoms with E-state index in [0.29, 0.717) is 5.82 Å². The lowest BCUT2D eigenvalue weighted by Crippen LogP contribution is -2.36. The van der Waals surface area contributed by atoms with Gasteiger partial charge in [0.1, 0.15) is 5.82 Å². The average Bonchev–Trinajstić information content (AvgIpc) is 1.97. The molecule has 0 aliphatic heterocycles. The van der Waals surface area contributed by atoms with E-state index in [1.165, 1.54) is 0 Å². The Morgan fingerprint density at radius 1 is 1.19 bits per heavy atom. The lowest BCUT2D eigenvalue weighted by Gasteiger charge is -2.24. The van der Waals surface area contributed by atoms with Crippen LogP contribution >= 0.6 is 0 Å². The molecule has 90 valence electrons. The monoisotopic (exact) mass is 223 g/mol. The van der Waals surface area contributed by atoms with Crippen molar-refractivity contribution < 1.29 is 0 Å². The normalized spacial score (nSPS) is 12.6. The summed E-state index contributed by atoms with van der Waals surface area (Å²) in [6.45, 7) is 12.0. The standard InChI is InChI=1S/C12H21N3O/c1-11(2,3)14-9-7-8-15(10(16)13-9)12(4,5)6/h7-8H,1-6H3,(H,13,14,16). The first-order valence-corrected chi connectivity index (χ1v) is 5.48. The van der Waals surface area contributed by atoms with Crippen molar-refractivity contribution in [2.45, 2.75) is 52.6 Å². The van der Waals surface area contributed by atoms with Crippen molar-refractivity contribution in [3.8, 4) is 0 Å². The summed E-state index contributed by atoms with van der Waals surface area (Å²) < 4.78 is 1.63. The maximum absolute atomic E-state index is 11.8. The third kappa shape index (κ3) is 3.36. The molecule has 0 fully saturated rings. The molecule has 4 nitrogen and oxygen atoms in total. The predicted octanol–water partition coefficient (Wildman–Crippen LogP) is 2.21. The van der Waals surface area contributed by atoms with Crippen LogP contribution in [0, 0.1) is 0 Å². The smallest absolute Gasteiger partial charge is 0.349 e. The SMILES string of the molecule is CC(C)(C)Nc1ccn(C(C)(C)C)c(=O)n1. The van der Waals surface area contributed by atoms with E-state index in [0.717, 1.165) is 0 Å². The van der Waals surface area contributed by atoms with Gasteiger partial charge in [-0.15, -0.1) is 0 Å². The van der Waals surface area contributed by atoms with Gasteiger partial charge in [-0.3, -0.25) is 4.57 Å². The zero-order chi connectivity index (χ0) is 12.6. The van der Waals surface area contributed by atoms with Gasteiger partial charge in [-0.1, -0.05) is 0 Å². The molecule has 1 aromatic heterocycles. The van der Waals surface area contributed by atoms with Gasteiger partial charge < -0.3 is 5.32 Å². The molecule has 0 bridgehead atoms. The molecule has 0 saturated heterocycles. The Morgan fingerprint density at radius 2 is 1.75 bits per heavy atom. The molecule has 16 heavy (non-hydrogen) atoms. The van der Waals surface area contributed by atoms with Crippen LogP contribution in [0.1, 0.15) is 41.5 Å². The highest BCUT2D eigenvalue weighted by Gasteiger charge is 2.16. The average molecular weight is 223 g/mol. The summed E-state index contributed by atoms with van der Waals surface area (Å²) >= 11 is 0. The minimum atomic E-state index is -0.232. The largest absolute Gasteiger partial charge is 0.365 e. The Morgan fingerprint density at radius 3 is 2.12 bits per heavy atom. The third-order valence-corrected chi connectivity index (χ3v) is 2.03. The molecule has 0 aliphatic rings. The van der Waals surface area contributed by atoms with E-state index < -0.39 is 0 Å². The van der Waals surface area contributed by atoms with Gasteiger partial charge in [-0.2, -0.15) is 4.98 Å². The Labute approximate surface area is 96.7 Å². The van der Waals surface area contributed by atoms with Crippen LogP contribution in [0.15, 0.2) is 17.1 Å². The first-order valence-electron chi connectivity index (χ1n) is 5.48. The highest BCUT2D eigenvalue weighted by molar-refractivity contribution is 5.34. The lowest BCUT2D eigenvalue weighted by molar-refractivity contribution is 0.377. The predicted molar refractivity (Wildman–Crippen MR) is 66.9 cm³/mol. The molecule has 0 aliphatic carbocycles.